The molecule has 13 heteroatoms. The zero-order valence-corrected chi connectivity index (χ0v) is 26.0. The van der Waals surface area contributed by atoms with Crippen LogP contribution in [0.3, 0.4) is 0 Å². The van der Waals surface area contributed by atoms with Crippen molar-refractivity contribution in [2.24, 2.45) is 0 Å². The maximum absolute atomic E-state index is 13.8. The van der Waals surface area contributed by atoms with Gasteiger partial charge in [-0.1, -0.05) is 54.6 Å². The number of fused-ring (bicyclic) bond motifs is 1. The fraction of sp³-hybridized carbons (Fsp3) is 0.424. The smallest absolute Gasteiger partial charge is 0.407 e. The van der Waals surface area contributed by atoms with Crippen LogP contribution in [0.5, 0.6) is 0 Å². The van der Waals surface area contributed by atoms with E-state index in [1.54, 1.807) is 57.3 Å². The van der Waals surface area contributed by atoms with Gasteiger partial charge in [0.15, 0.2) is 0 Å². The van der Waals surface area contributed by atoms with E-state index < -0.39 is 41.1 Å². The first-order valence-corrected chi connectivity index (χ1v) is 15.1. The molecular formula is C33H38F2N6O5. The van der Waals surface area contributed by atoms with E-state index in [2.05, 4.69) is 15.4 Å². The Bertz CT molecular complexity index is 1730. The van der Waals surface area contributed by atoms with E-state index in [-0.39, 0.29) is 51.1 Å². The van der Waals surface area contributed by atoms with Crippen molar-refractivity contribution in [1.82, 2.24) is 29.4 Å². The fourth-order valence-corrected chi connectivity index (χ4v) is 5.51. The number of nitrogens with zero attached hydrogens (tertiary/aromatic N) is 5. The molecule has 46 heavy (non-hydrogen) atoms. The number of amides is 2. The Hall–Kier alpha value is -4.65. The topological polar surface area (TPSA) is 131 Å². The Labute approximate surface area is 264 Å². The highest BCUT2D eigenvalue weighted by atomic mass is 19.3. The second-order valence-corrected chi connectivity index (χ2v) is 12.7. The van der Waals surface area contributed by atoms with Crippen LogP contribution in [0.1, 0.15) is 57.1 Å². The van der Waals surface area contributed by atoms with Gasteiger partial charge in [-0.15, -0.1) is 0 Å². The number of benzene rings is 2. The maximum atomic E-state index is 13.8. The van der Waals surface area contributed by atoms with E-state index in [1.165, 1.54) is 20.3 Å². The van der Waals surface area contributed by atoms with E-state index in [1.807, 2.05) is 24.3 Å². The van der Waals surface area contributed by atoms with Gasteiger partial charge < -0.3 is 20.1 Å². The molecule has 1 saturated heterocycles. The molecule has 0 saturated carbocycles. The molecule has 2 amide bonds. The molecule has 5 rings (SSSR count). The summed E-state index contributed by atoms with van der Waals surface area (Å²) in [5.41, 5.74) is 0.381. The molecule has 3 heterocycles. The van der Waals surface area contributed by atoms with Crippen molar-refractivity contribution in [2.45, 2.75) is 76.7 Å². The van der Waals surface area contributed by atoms with Gasteiger partial charge in [-0.05, 0) is 44.7 Å². The molecule has 2 aromatic heterocycles. The van der Waals surface area contributed by atoms with Gasteiger partial charge in [-0.3, -0.25) is 14.2 Å². The number of ether oxygens (including phenoxy) is 1. The number of hydrogen-bond donors (Lipinski definition) is 2. The molecule has 2 aromatic carbocycles. The third-order valence-corrected chi connectivity index (χ3v) is 8.02. The average Bonchev–Trinajstić information content (AvgIpc) is 3.45. The molecule has 11 nitrogen and oxygen atoms in total. The number of aromatic nitrogens is 4. The third kappa shape index (κ3) is 7.76. The normalized spacial score (nSPS) is 15.6. The minimum atomic E-state index is -2.68. The lowest BCUT2D eigenvalue weighted by Crippen LogP contribution is -2.50. The molecule has 0 aliphatic carbocycles. The third-order valence-electron chi connectivity index (χ3n) is 8.02. The first kappa shape index (κ1) is 32.7. The largest absolute Gasteiger partial charge is 0.444 e. The molecule has 0 bridgehead atoms. The lowest BCUT2D eigenvalue weighted by molar-refractivity contribution is -0.137. The second-order valence-electron chi connectivity index (χ2n) is 12.7. The van der Waals surface area contributed by atoms with E-state index in [0.717, 1.165) is 11.1 Å². The van der Waals surface area contributed by atoms with Gasteiger partial charge in [0.05, 0.1) is 30.0 Å². The van der Waals surface area contributed by atoms with Crippen molar-refractivity contribution >= 4 is 17.6 Å². The van der Waals surface area contributed by atoms with Gasteiger partial charge in [-0.2, -0.15) is 5.10 Å². The quantitative estimate of drug-likeness (QED) is 0.279. The molecule has 1 aliphatic rings. The summed E-state index contributed by atoms with van der Waals surface area (Å²) in [6, 6.07) is 15.6. The standard InChI is InChI=1S/C33H38F2N6O5/c1-32(2,3)46-31(44)37-18-22-9-11-24(12-10-22)26-19-36-29-30(43)40(21-38-41(26)29)20-33(45)13-15-39(16-14-33)27(42)17-25(28(34)35)23-7-5-4-6-8-23/h4-12,19,21,25,28,45H,13-18,20H2,1-3H3,(H,37,44). The predicted octanol–water partition coefficient (Wildman–Crippen LogP) is 4.38. The van der Waals surface area contributed by atoms with Crippen LogP contribution in [0.4, 0.5) is 13.6 Å². The number of aliphatic hydroxyl groups is 1. The Balaban J connectivity index is 1.20. The summed E-state index contributed by atoms with van der Waals surface area (Å²) in [4.78, 5) is 44.0. The zero-order valence-electron chi connectivity index (χ0n) is 26.0. The maximum Gasteiger partial charge on any atom is 0.407 e. The minimum Gasteiger partial charge on any atom is -0.444 e. The van der Waals surface area contributed by atoms with Gasteiger partial charge in [0, 0.05) is 31.6 Å². The number of alkyl halides is 2. The van der Waals surface area contributed by atoms with Crippen LogP contribution in [0.15, 0.2) is 71.9 Å². The monoisotopic (exact) mass is 636 g/mol. The summed E-state index contributed by atoms with van der Waals surface area (Å²) in [5.74, 6) is -1.60. The lowest BCUT2D eigenvalue weighted by atomic mass is 9.90. The molecule has 2 N–H and O–H groups in total. The van der Waals surface area contributed by atoms with Gasteiger partial charge in [0.1, 0.15) is 11.9 Å². The van der Waals surface area contributed by atoms with Gasteiger partial charge >= 0.3 is 6.09 Å². The molecular weight excluding hydrogens is 598 g/mol. The Morgan fingerprint density at radius 3 is 2.37 bits per heavy atom. The van der Waals surface area contributed by atoms with Crippen molar-refractivity contribution < 1.29 is 28.2 Å². The van der Waals surface area contributed by atoms with Gasteiger partial charge in [0.25, 0.3) is 5.56 Å². The molecule has 1 atom stereocenters. The highest BCUT2D eigenvalue weighted by Crippen LogP contribution is 2.30. The first-order valence-electron chi connectivity index (χ1n) is 15.1. The van der Waals surface area contributed by atoms with Crippen molar-refractivity contribution in [2.75, 3.05) is 13.1 Å². The van der Waals surface area contributed by atoms with E-state index in [0.29, 0.717) is 11.3 Å². The van der Waals surface area contributed by atoms with Crippen molar-refractivity contribution in [3.05, 3.63) is 88.6 Å². The predicted molar refractivity (Wildman–Crippen MR) is 166 cm³/mol. The number of hydrogen-bond acceptors (Lipinski definition) is 7. The zero-order chi connectivity index (χ0) is 33.1. The number of carbonyl (C=O) groups is 2. The number of alkyl carbamates (subject to hydrolysis) is 1. The van der Waals surface area contributed by atoms with Crippen LogP contribution in [0.25, 0.3) is 16.9 Å². The van der Waals surface area contributed by atoms with Crippen molar-refractivity contribution in [3.8, 4) is 11.3 Å². The van der Waals surface area contributed by atoms with E-state index in [4.69, 9.17) is 4.74 Å². The summed E-state index contributed by atoms with van der Waals surface area (Å²) >= 11 is 0. The number of nitrogens with one attached hydrogen (secondary N) is 1. The molecule has 1 aliphatic heterocycles. The summed E-state index contributed by atoms with van der Waals surface area (Å²) in [6.07, 6.45) is -0.271. The number of likely N-dealkylation sites (tertiary alicyclic amines) is 1. The summed E-state index contributed by atoms with van der Waals surface area (Å²) in [5, 5.41) is 18.4. The molecule has 0 spiro atoms. The van der Waals surface area contributed by atoms with Crippen LogP contribution < -0.4 is 10.9 Å². The second kappa shape index (κ2) is 13.4. The average molecular weight is 637 g/mol. The molecule has 244 valence electrons. The molecule has 4 aromatic rings. The number of halogens is 2. The van der Waals surface area contributed by atoms with Crippen LogP contribution in [0, 0.1) is 0 Å². The molecule has 1 unspecified atom stereocenters. The lowest BCUT2D eigenvalue weighted by Gasteiger charge is -2.38. The number of carbonyl (C=O) groups excluding carboxylic acids is 2. The summed E-state index contributed by atoms with van der Waals surface area (Å²) in [6.45, 7) is 5.97. The first-order chi connectivity index (χ1) is 21.8. The number of piperidine rings is 1. The highest BCUT2D eigenvalue weighted by Gasteiger charge is 2.36. The van der Waals surface area contributed by atoms with Crippen LogP contribution >= 0.6 is 0 Å². The van der Waals surface area contributed by atoms with Crippen molar-refractivity contribution in [1.29, 1.82) is 0 Å². The van der Waals surface area contributed by atoms with E-state index in [9.17, 15) is 28.3 Å². The summed E-state index contributed by atoms with van der Waals surface area (Å²) < 4.78 is 35.5. The van der Waals surface area contributed by atoms with Gasteiger partial charge in [0.2, 0.25) is 18.0 Å². The minimum absolute atomic E-state index is 0.0530. The highest BCUT2D eigenvalue weighted by molar-refractivity contribution is 5.77. The summed E-state index contributed by atoms with van der Waals surface area (Å²) in [7, 11) is 0. The van der Waals surface area contributed by atoms with Crippen molar-refractivity contribution in [3.63, 3.8) is 0 Å². The number of imidazole rings is 1. The SMILES string of the molecule is CC(C)(C)OC(=O)NCc1ccc(-c2cnc3c(=O)n(CC4(O)CCN(C(=O)CC(c5ccccc5)C(F)F)CC4)cnn23)cc1. The van der Waals surface area contributed by atoms with E-state index >= 15 is 0 Å². The van der Waals surface area contributed by atoms with Crippen LogP contribution in [-0.4, -0.2) is 71.9 Å². The Kier molecular flexibility index (Phi) is 9.52. The van der Waals surface area contributed by atoms with Crippen LogP contribution in [-0.2, 0) is 22.6 Å². The Morgan fingerprint density at radius 1 is 1.07 bits per heavy atom. The fourth-order valence-electron chi connectivity index (χ4n) is 5.51. The molecule has 0 radical (unpaired) electrons. The molecule has 1 fully saturated rings. The Morgan fingerprint density at radius 2 is 1.74 bits per heavy atom. The van der Waals surface area contributed by atoms with Gasteiger partial charge in [-0.25, -0.2) is 23.1 Å². The number of rotatable bonds is 9. The van der Waals surface area contributed by atoms with Crippen LogP contribution in [0.2, 0.25) is 0 Å².